The maximum Gasteiger partial charge on any atom is 0.174 e. The van der Waals surface area contributed by atoms with Gasteiger partial charge in [0.05, 0.1) is 17.8 Å². The number of thiocarbonyl (C=S) groups is 1. The highest BCUT2D eigenvalue weighted by atomic mass is 32.1. The highest BCUT2D eigenvalue weighted by Gasteiger charge is 2.41. The molecule has 0 radical (unpaired) electrons. The van der Waals surface area contributed by atoms with Crippen LogP contribution in [0.15, 0.2) is 67.1 Å². The number of benzene rings is 1. The number of rotatable bonds is 4. The van der Waals surface area contributed by atoms with Crippen LogP contribution in [-0.4, -0.2) is 14.7 Å². The van der Waals surface area contributed by atoms with E-state index in [0.717, 1.165) is 16.5 Å². The van der Waals surface area contributed by atoms with Gasteiger partial charge >= 0.3 is 0 Å². The van der Waals surface area contributed by atoms with Crippen LogP contribution in [-0.2, 0) is 0 Å². The lowest BCUT2D eigenvalue weighted by Crippen LogP contribution is -2.29. The van der Waals surface area contributed by atoms with E-state index in [-0.39, 0.29) is 12.1 Å². The van der Waals surface area contributed by atoms with E-state index in [1.807, 2.05) is 18.3 Å². The van der Waals surface area contributed by atoms with Crippen LogP contribution in [0.5, 0.6) is 0 Å². The van der Waals surface area contributed by atoms with Crippen LogP contribution in [0.2, 0.25) is 0 Å². The molecule has 154 valence electrons. The molecule has 2 aromatic heterocycles. The van der Waals surface area contributed by atoms with Crippen molar-refractivity contribution in [2.24, 2.45) is 0 Å². The van der Waals surface area contributed by atoms with Gasteiger partial charge in [-0.3, -0.25) is 4.98 Å². The van der Waals surface area contributed by atoms with Crippen LogP contribution < -0.4 is 10.2 Å². The number of hydrogen-bond acceptors (Lipinski definition) is 2. The summed E-state index contributed by atoms with van der Waals surface area (Å²) >= 11 is 5.82. The first-order chi connectivity index (χ1) is 14.7. The second-order valence-corrected chi connectivity index (χ2v) is 8.90. The lowest BCUT2D eigenvalue weighted by atomic mass is 9.95. The Labute approximate surface area is 183 Å². The molecule has 0 bridgehead atoms. The molecule has 2 atom stereocenters. The molecule has 30 heavy (non-hydrogen) atoms. The summed E-state index contributed by atoms with van der Waals surface area (Å²) < 4.78 is 2.43. The van der Waals surface area contributed by atoms with Crippen LogP contribution in [0.3, 0.4) is 0 Å². The molecular weight excluding hydrogens is 388 g/mol. The lowest BCUT2D eigenvalue weighted by Gasteiger charge is -2.28. The maximum absolute atomic E-state index is 5.82. The van der Waals surface area contributed by atoms with Crippen molar-refractivity contribution in [1.82, 2.24) is 14.9 Å². The first-order valence-corrected chi connectivity index (χ1v) is 11.4. The molecular formula is C25H28N4S. The van der Waals surface area contributed by atoms with Gasteiger partial charge in [-0.05, 0) is 67.9 Å². The lowest BCUT2D eigenvalue weighted by molar-refractivity contribution is 0.353. The Balaban J connectivity index is 1.54. The minimum atomic E-state index is 0.0159. The summed E-state index contributed by atoms with van der Waals surface area (Å²) in [5.74, 6) is 0. The molecule has 1 saturated carbocycles. The molecule has 3 heterocycles. The molecule has 3 aromatic rings. The van der Waals surface area contributed by atoms with Gasteiger partial charge in [0.15, 0.2) is 5.11 Å². The fourth-order valence-electron chi connectivity index (χ4n) is 4.89. The molecule has 1 saturated heterocycles. The second-order valence-electron chi connectivity index (χ2n) is 8.52. The van der Waals surface area contributed by atoms with Crippen molar-refractivity contribution in [2.45, 2.75) is 57.2 Å². The van der Waals surface area contributed by atoms with Crippen molar-refractivity contribution in [3.8, 4) is 0 Å². The molecule has 5 heteroatoms. The molecule has 2 fully saturated rings. The van der Waals surface area contributed by atoms with Gasteiger partial charge in [0.1, 0.15) is 0 Å². The van der Waals surface area contributed by atoms with Gasteiger partial charge in [-0.1, -0.05) is 43.0 Å². The smallest absolute Gasteiger partial charge is 0.174 e. The quantitative estimate of drug-likeness (QED) is 0.539. The van der Waals surface area contributed by atoms with E-state index in [2.05, 4.69) is 75.5 Å². The number of nitrogens with one attached hydrogen (secondary N) is 1. The largest absolute Gasteiger partial charge is 0.351 e. The fourth-order valence-corrected chi connectivity index (χ4v) is 5.23. The molecule has 2 aliphatic rings. The van der Waals surface area contributed by atoms with E-state index < -0.39 is 0 Å². The van der Waals surface area contributed by atoms with Crippen LogP contribution in [0.4, 0.5) is 5.69 Å². The van der Waals surface area contributed by atoms with Gasteiger partial charge in [-0.25, -0.2) is 0 Å². The minimum absolute atomic E-state index is 0.0159. The second kappa shape index (κ2) is 8.23. The third kappa shape index (κ3) is 3.63. The zero-order chi connectivity index (χ0) is 20.5. The molecule has 0 unspecified atom stereocenters. The Morgan fingerprint density at radius 3 is 2.53 bits per heavy atom. The third-order valence-corrected chi connectivity index (χ3v) is 6.80. The highest BCUT2D eigenvalue weighted by Crippen LogP contribution is 2.42. The summed E-state index contributed by atoms with van der Waals surface area (Å²) in [4.78, 5) is 6.91. The average molecular weight is 417 g/mol. The summed E-state index contributed by atoms with van der Waals surface area (Å²) in [5, 5.41) is 4.31. The van der Waals surface area contributed by atoms with Crippen LogP contribution in [0, 0.1) is 6.92 Å². The SMILES string of the molecule is Cc1ccc(N2C(=S)N[C@@H](c3ccccn3)[C@@H]2c2ccn(C3CCCCC3)c2)cc1. The normalized spacial score (nSPS) is 22.3. The average Bonchev–Trinajstić information content (AvgIpc) is 3.40. The topological polar surface area (TPSA) is 33.1 Å². The van der Waals surface area contributed by atoms with Gasteiger partial charge in [0.25, 0.3) is 0 Å². The van der Waals surface area contributed by atoms with E-state index in [0.29, 0.717) is 6.04 Å². The van der Waals surface area contributed by atoms with Crippen LogP contribution in [0.1, 0.15) is 67.1 Å². The van der Waals surface area contributed by atoms with E-state index in [4.69, 9.17) is 12.2 Å². The molecule has 0 amide bonds. The Morgan fingerprint density at radius 1 is 1.00 bits per heavy atom. The van der Waals surface area contributed by atoms with Crippen molar-refractivity contribution in [3.05, 3.63) is 83.9 Å². The van der Waals surface area contributed by atoms with Crippen molar-refractivity contribution < 1.29 is 0 Å². The summed E-state index contributed by atoms with van der Waals surface area (Å²) in [6.45, 7) is 2.11. The van der Waals surface area contributed by atoms with Crippen LogP contribution >= 0.6 is 12.2 Å². The van der Waals surface area contributed by atoms with E-state index >= 15 is 0 Å². The molecule has 5 rings (SSSR count). The summed E-state index contributed by atoms with van der Waals surface area (Å²) in [7, 11) is 0. The molecule has 1 aliphatic carbocycles. The molecule has 0 spiro atoms. The van der Waals surface area contributed by atoms with Crippen LogP contribution in [0.25, 0.3) is 0 Å². The molecule has 1 N–H and O–H groups in total. The predicted molar refractivity (Wildman–Crippen MR) is 126 cm³/mol. The van der Waals surface area contributed by atoms with Gasteiger partial charge in [-0.2, -0.15) is 0 Å². The summed E-state index contributed by atoms with van der Waals surface area (Å²) in [6.07, 6.45) is 13.1. The Bertz CT molecular complexity index is 1010. The predicted octanol–water partition coefficient (Wildman–Crippen LogP) is 5.87. The number of aryl methyl sites for hydroxylation is 1. The van der Waals surface area contributed by atoms with Crippen molar-refractivity contribution in [3.63, 3.8) is 0 Å². The van der Waals surface area contributed by atoms with Gasteiger partial charge in [0, 0.05) is 30.3 Å². The van der Waals surface area contributed by atoms with Crippen molar-refractivity contribution in [2.75, 3.05) is 4.90 Å². The highest BCUT2D eigenvalue weighted by molar-refractivity contribution is 7.80. The first kappa shape index (κ1) is 19.3. The number of aromatic nitrogens is 2. The van der Waals surface area contributed by atoms with Crippen molar-refractivity contribution in [1.29, 1.82) is 0 Å². The van der Waals surface area contributed by atoms with Gasteiger partial charge < -0.3 is 14.8 Å². The standard InChI is InChI=1S/C25H28N4S/c1-18-10-12-21(13-11-18)29-24(23(27-25(29)30)22-9-5-6-15-26-22)19-14-16-28(17-19)20-7-3-2-4-8-20/h5-6,9-17,20,23-24H,2-4,7-8H2,1H3,(H,27,30)/t23-,24-/m0/s1. The monoisotopic (exact) mass is 416 g/mol. The molecule has 4 nitrogen and oxygen atoms in total. The van der Waals surface area contributed by atoms with E-state index in [1.165, 1.54) is 43.2 Å². The zero-order valence-electron chi connectivity index (χ0n) is 17.4. The summed E-state index contributed by atoms with van der Waals surface area (Å²) in [6, 6.07) is 17.7. The Kier molecular flexibility index (Phi) is 5.30. The van der Waals surface area contributed by atoms with E-state index in [9.17, 15) is 0 Å². The maximum atomic E-state index is 5.82. The number of pyridine rings is 1. The zero-order valence-corrected chi connectivity index (χ0v) is 18.2. The first-order valence-electron chi connectivity index (χ1n) is 11.0. The third-order valence-electron chi connectivity index (χ3n) is 6.49. The fraction of sp³-hybridized carbons (Fsp3) is 0.360. The number of anilines is 1. The molecule has 1 aliphatic heterocycles. The van der Waals surface area contributed by atoms with Gasteiger partial charge in [-0.15, -0.1) is 0 Å². The summed E-state index contributed by atoms with van der Waals surface area (Å²) in [5.41, 5.74) is 4.67. The van der Waals surface area contributed by atoms with Gasteiger partial charge in [0.2, 0.25) is 0 Å². The Morgan fingerprint density at radius 2 is 1.80 bits per heavy atom. The van der Waals surface area contributed by atoms with E-state index in [1.54, 1.807) is 0 Å². The number of hydrogen-bond donors (Lipinski definition) is 1. The minimum Gasteiger partial charge on any atom is -0.351 e. The van der Waals surface area contributed by atoms with Crippen molar-refractivity contribution >= 4 is 23.0 Å². The number of nitrogens with zero attached hydrogens (tertiary/aromatic N) is 3. The molecule has 1 aromatic carbocycles. The Hall–Kier alpha value is -2.66.